The van der Waals surface area contributed by atoms with Crippen molar-refractivity contribution in [1.29, 1.82) is 0 Å². The van der Waals surface area contributed by atoms with Crippen LogP contribution in [0.1, 0.15) is 11.1 Å². The van der Waals surface area contributed by atoms with E-state index in [2.05, 4.69) is 54.6 Å². The molecule has 130 valence electrons. The van der Waals surface area contributed by atoms with Gasteiger partial charge in [0.2, 0.25) is 0 Å². The Kier molecular flexibility index (Phi) is 3.68. The smallest absolute Gasteiger partial charge is 0.129 e. The molecule has 4 aromatic rings. The fraction of sp³-hybridized carbons (Fsp3) is 0.0400. The van der Waals surface area contributed by atoms with Crippen LogP contribution < -0.4 is 10.5 Å². The molecule has 2 heteroatoms. The van der Waals surface area contributed by atoms with Crippen molar-refractivity contribution in [3.63, 3.8) is 0 Å². The molecule has 0 spiro atoms. The van der Waals surface area contributed by atoms with Gasteiger partial charge in [0.05, 0.1) is 0 Å². The first-order valence-electron chi connectivity index (χ1n) is 9.12. The minimum atomic E-state index is 0.698. The summed E-state index contributed by atoms with van der Waals surface area (Å²) >= 11 is 0. The Balaban J connectivity index is 1.47. The third-order valence-electron chi connectivity index (χ3n) is 5.11. The monoisotopic (exact) mass is 349 g/mol. The molecule has 0 aromatic heterocycles. The maximum Gasteiger partial charge on any atom is 0.129 e. The molecule has 0 saturated carbocycles. The van der Waals surface area contributed by atoms with E-state index in [9.17, 15) is 0 Å². The van der Waals surface area contributed by atoms with E-state index in [-0.39, 0.29) is 0 Å². The van der Waals surface area contributed by atoms with E-state index < -0.39 is 0 Å². The first-order valence-corrected chi connectivity index (χ1v) is 9.12. The minimum absolute atomic E-state index is 0.698. The first kappa shape index (κ1) is 15.7. The lowest BCUT2D eigenvalue weighted by Gasteiger charge is -2.11. The lowest BCUT2D eigenvalue weighted by atomic mass is 9.96. The number of fused-ring (bicyclic) bond motifs is 3. The molecule has 0 unspecified atom stereocenters. The molecule has 1 aliphatic carbocycles. The van der Waals surface area contributed by atoms with Crippen molar-refractivity contribution >= 4 is 5.69 Å². The number of hydrogen-bond acceptors (Lipinski definition) is 2. The Labute approximate surface area is 158 Å². The van der Waals surface area contributed by atoms with Gasteiger partial charge < -0.3 is 10.5 Å². The van der Waals surface area contributed by atoms with Gasteiger partial charge in [-0.2, -0.15) is 0 Å². The summed E-state index contributed by atoms with van der Waals surface area (Å²) in [5.41, 5.74) is 14.5. The molecule has 4 aromatic carbocycles. The lowest BCUT2D eigenvalue weighted by molar-refractivity contribution is 0.483. The SMILES string of the molecule is Nc1cccc(Oc2ccc(-c3cccc4c3Cc3ccccc3-4)cc2)c1. The van der Waals surface area contributed by atoms with E-state index in [4.69, 9.17) is 10.5 Å². The Morgan fingerprint density at radius 2 is 1.37 bits per heavy atom. The van der Waals surface area contributed by atoms with Crippen LogP contribution in [0.15, 0.2) is 91.0 Å². The number of nitrogens with two attached hydrogens (primary N) is 1. The number of benzene rings is 4. The van der Waals surface area contributed by atoms with Crippen LogP contribution in [0.4, 0.5) is 5.69 Å². The van der Waals surface area contributed by atoms with Crippen LogP contribution in [-0.4, -0.2) is 0 Å². The van der Waals surface area contributed by atoms with Crippen molar-refractivity contribution in [3.05, 3.63) is 102 Å². The van der Waals surface area contributed by atoms with Crippen molar-refractivity contribution in [2.75, 3.05) is 5.73 Å². The second-order valence-electron chi connectivity index (χ2n) is 6.86. The quantitative estimate of drug-likeness (QED) is 0.388. The maximum atomic E-state index is 5.91. The summed E-state index contributed by atoms with van der Waals surface area (Å²) in [7, 11) is 0. The molecule has 0 fully saturated rings. The number of anilines is 1. The fourth-order valence-electron chi connectivity index (χ4n) is 3.84. The molecule has 0 bridgehead atoms. The van der Waals surface area contributed by atoms with Crippen LogP contribution >= 0.6 is 0 Å². The molecule has 27 heavy (non-hydrogen) atoms. The summed E-state index contributed by atoms with van der Waals surface area (Å²) in [5, 5.41) is 0. The molecule has 0 atom stereocenters. The number of nitrogen functional groups attached to an aromatic ring is 1. The number of rotatable bonds is 3. The van der Waals surface area contributed by atoms with Crippen LogP contribution in [0.25, 0.3) is 22.3 Å². The molecule has 5 rings (SSSR count). The average molecular weight is 349 g/mol. The van der Waals surface area contributed by atoms with Gasteiger partial charge in [0.25, 0.3) is 0 Å². The van der Waals surface area contributed by atoms with Gasteiger partial charge in [0.15, 0.2) is 0 Å². The van der Waals surface area contributed by atoms with Gasteiger partial charge in [-0.15, -0.1) is 0 Å². The number of ether oxygens (including phenoxy) is 1. The summed E-state index contributed by atoms with van der Waals surface area (Å²) in [4.78, 5) is 0. The van der Waals surface area contributed by atoms with Crippen molar-refractivity contribution in [3.8, 4) is 33.8 Å². The van der Waals surface area contributed by atoms with Crippen molar-refractivity contribution < 1.29 is 4.74 Å². The Hall–Kier alpha value is -3.52. The second-order valence-corrected chi connectivity index (χ2v) is 6.86. The zero-order chi connectivity index (χ0) is 18.2. The van der Waals surface area contributed by atoms with Crippen LogP contribution in [0.5, 0.6) is 11.5 Å². The van der Waals surface area contributed by atoms with Crippen LogP contribution in [0, 0.1) is 0 Å². The first-order chi connectivity index (χ1) is 13.3. The highest BCUT2D eigenvalue weighted by atomic mass is 16.5. The Morgan fingerprint density at radius 1 is 0.630 bits per heavy atom. The van der Waals surface area contributed by atoms with Crippen molar-refractivity contribution in [2.24, 2.45) is 0 Å². The van der Waals surface area contributed by atoms with Crippen LogP contribution in [0.2, 0.25) is 0 Å². The molecule has 2 N–H and O–H groups in total. The predicted molar refractivity (Wildman–Crippen MR) is 111 cm³/mol. The highest BCUT2D eigenvalue weighted by Crippen LogP contribution is 2.41. The lowest BCUT2D eigenvalue weighted by Crippen LogP contribution is -1.89. The molecule has 2 nitrogen and oxygen atoms in total. The molecular formula is C25H19NO. The number of hydrogen-bond donors (Lipinski definition) is 1. The van der Waals surface area contributed by atoms with Gasteiger partial charge in [-0.05, 0) is 64.1 Å². The minimum Gasteiger partial charge on any atom is -0.457 e. The van der Waals surface area contributed by atoms with E-state index in [1.165, 1.54) is 33.4 Å². The standard InChI is InChI=1S/C25H19NO/c26-19-6-3-7-21(16-19)27-20-13-11-17(12-14-20)22-9-4-10-24-23-8-2-1-5-18(23)15-25(22)24/h1-14,16H,15,26H2. The summed E-state index contributed by atoms with van der Waals surface area (Å²) in [6.07, 6.45) is 0.989. The largest absolute Gasteiger partial charge is 0.457 e. The van der Waals surface area contributed by atoms with E-state index in [0.717, 1.165) is 17.9 Å². The van der Waals surface area contributed by atoms with Gasteiger partial charge in [0, 0.05) is 11.8 Å². The normalized spacial score (nSPS) is 11.7. The summed E-state index contributed by atoms with van der Waals surface area (Å²) < 4.78 is 5.91. The maximum absolute atomic E-state index is 5.91. The fourth-order valence-corrected chi connectivity index (χ4v) is 3.84. The summed E-state index contributed by atoms with van der Waals surface area (Å²) in [5.74, 6) is 1.55. The molecule has 0 amide bonds. The third-order valence-corrected chi connectivity index (χ3v) is 5.11. The van der Waals surface area contributed by atoms with E-state index >= 15 is 0 Å². The average Bonchev–Trinajstić information content (AvgIpc) is 3.08. The molecule has 0 saturated heterocycles. The molecular weight excluding hydrogens is 330 g/mol. The highest BCUT2D eigenvalue weighted by molar-refractivity contribution is 5.84. The van der Waals surface area contributed by atoms with Gasteiger partial charge in [0.1, 0.15) is 11.5 Å². The van der Waals surface area contributed by atoms with E-state index in [1.54, 1.807) is 0 Å². The molecule has 0 radical (unpaired) electrons. The second kappa shape index (κ2) is 6.33. The van der Waals surface area contributed by atoms with Gasteiger partial charge in [-0.1, -0.05) is 60.7 Å². The van der Waals surface area contributed by atoms with E-state index in [0.29, 0.717) is 5.69 Å². The van der Waals surface area contributed by atoms with Gasteiger partial charge in [-0.25, -0.2) is 0 Å². The molecule has 1 aliphatic rings. The highest BCUT2D eigenvalue weighted by Gasteiger charge is 2.20. The zero-order valence-corrected chi connectivity index (χ0v) is 14.9. The van der Waals surface area contributed by atoms with Gasteiger partial charge >= 0.3 is 0 Å². The van der Waals surface area contributed by atoms with E-state index in [1.807, 2.05) is 36.4 Å². The third kappa shape index (κ3) is 2.85. The molecule has 0 heterocycles. The van der Waals surface area contributed by atoms with Crippen molar-refractivity contribution in [2.45, 2.75) is 6.42 Å². The summed E-state index contributed by atoms with van der Waals surface area (Å²) in [6, 6.07) is 31.0. The Morgan fingerprint density at radius 3 is 2.22 bits per heavy atom. The summed E-state index contributed by atoms with van der Waals surface area (Å²) in [6.45, 7) is 0. The Bertz CT molecular complexity index is 1130. The topological polar surface area (TPSA) is 35.2 Å². The van der Waals surface area contributed by atoms with Crippen LogP contribution in [0.3, 0.4) is 0 Å². The molecule has 0 aliphatic heterocycles. The van der Waals surface area contributed by atoms with Crippen molar-refractivity contribution in [1.82, 2.24) is 0 Å². The predicted octanol–water partition coefficient (Wildman–Crippen LogP) is 6.30. The van der Waals surface area contributed by atoms with Gasteiger partial charge in [-0.3, -0.25) is 0 Å². The van der Waals surface area contributed by atoms with Crippen LogP contribution in [-0.2, 0) is 6.42 Å². The zero-order valence-electron chi connectivity index (χ0n) is 14.9.